The normalized spacial score (nSPS) is 22.2. The molecule has 0 radical (unpaired) electrons. The molecule has 16 heavy (non-hydrogen) atoms. The molecule has 0 aliphatic carbocycles. The molecule has 0 bridgehead atoms. The van der Waals surface area contributed by atoms with E-state index in [0.29, 0.717) is 11.2 Å². The van der Waals surface area contributed by atoms with Crippen molar-refractivity contribution >= 4 is 16.9 Å². The zero-order valence-corrected chi connectivity index (χ0v) is 10.8. The van der Waals surface area contributed by atoms with E-state index in [4.69, 9.17) is 4.42 Å². The lowest BCUT2D eigenvalue weighted by Gasteiger charge is -2.14. The number of aliphatic imine (C=N–C) groups is 1. The molecular formula is C12H18N2OS. The van der Waals surface area contributed by atoms with Crippen LogP contribution in [0.4, 0.5) is 0 Å². The lowest BCUT2D eigenvalue weighted by Crippen LogP contribution is -2.23. The van der Waals surface area contributed by atoms with Crippen molar-refractivity contribution in [3.05, 3.63) is 24.2 Å². The van der Waals surface area contributed by atoms with Gasteiger partial charge in [0.25, 0.3) is 0 Å². The smallest absolute Gasteiger partial charge is 0.157 e. The van der Waals surface area contributed by atoms with Crippen molar-refractivity contribution in [2.75, 3.05) is 6.54 Å². The summed E-state index contributed by atoms with van der Waals surface area (Å²) in [6, 6.07) is 4.08. The zero-order chi connectivity index (χ0) is 11.5. The zero-order valence-electron chi connectivity index (χ0n) is 9.93. The Morgan fingerprint density at radius 3 is 2.88 bits per heavy atom. The van der Waals surface area contributed by atoms with Gasteiger partial charge in [-0.3, -0.25) is 4.99 Å². The van der Waals surface area contributed by atoms with E-state index in [1.807, 2.05) is 23.9 Å². The molecule has 0 spiro atoms. The summed E-state index contributed by atoms with van der Waals surface area (Å²) in [6.45, 7) is 7.50. The van der Waals surface area contributed by atoms with Crippen molar-refractivity contribution < 1.29 is 4.42 Å². The fourth-order valence-electron chi connectivity index (χ4n) is 1.61. The van der Waals surface area contributed by atoms with E-state index < -0.39 is 0 Å². The third kappa shape index (κ3) is 2.61. The molecule has 1 aliphatic heterocycles. The summed E-state index contributed by atoms with van der Waals surface area (Å²) < 4.78 is 5.35. The molecule has 0 saturated heterocycles. The Hall–Kier alpha value is -0.900. The van der Waals surface area contributed by atoms with Crippen LogP contribution >= 0.6 is 11.8 Å². The highest BCUT2D eigenvalue weighted by Crippen LogP contribution is 2.27. The Labute approximate surface area is 101 Å². The summed E-state index contributed by atoms with van der Waals surface area (Å²) in [5, 5.41) is 5.05. The van der Waals surface area contributed by atoms with Crippen molar-refractivity contribution in [2.24, 2.45) is 10.9 Å². The van der Waals surface area contributed by atoms with Crippen molar-refractivity contribution in [3.8, 4) is 0 Å². The topological polar surface area (TPSA) is 37.5 Å². The van der Waals surface area contributed by atoms with Gasteiger partial charge in [-0.05, 0) is 25.0 Å². The fourth-order valence-corrected chi connectivity index (χ4v) is 2.71. The number of nitrogens with one attached hydrogen (secondary N) is 1. The molecule has 1 aliphatic rings. The fraction of sp³-hybridized carbons (Fsp3) is 0.583. The third-order valence-corrected chi connectivity index (χ3v) is 4.20. The number of thioether (sulfide) groups is 1. The molecule has 2 unspecified atom stereocenters. The Morgan fingerprint density at radius 1 is 1.50 bits per heavy atom. The van der Waals surface area contributed by atoms with E-state index in [9.17, 15) is 0 Å². The van der Waals surface area contributed by atoms with E-state index in [-0.39, 0.29) is 6.04 Å². The molecule has 2 atom stereocenters. The minimum absolute atomic E-state index is 0.187. The van der Waals surface area contributed by atoms with E-state index >= 15 is 0 Å². The highest BCUT2D eigenvalue weighted by molar-refractivity contribution is 8.14. The number of hydrogen-bond acceptors (Lipinski definition) is 4. The van der Waals surface area contributed by atoms with E-state index in [2.05, 4.69) is 31.1 Å². The average Bonchev–Trinajstić information content (AvgIpc) is 2.87. The van der Waals surface area contributed by atoms with E-state index in [1.54, 1.807) is 6.26 Å². The van der Waals surface area contributed by atoms with Crippen LogP contribution in [0.1, 0.15) is 32.6 Å². The molecule has 2 heterocycles. The highest BCUT2D eigenvalue weighted by atomic mass is 32.2. The molecule has 2 rings (SSSR count). The predicted molar refractivity (Wildman–Crippen MR) is 68.8 cm³/mol. The van der Waals surface area contributed by atoms with Crippen LogP contribution in [0.25, 0.3) is 0 Å². The molecule has 0 saturated carbocycles. The summed E-state index contributed by atoms with van der Waals surface area (Å²) in [6.07, 6.45) is 1.70. The first kappa shape index (κ1) is 11.6. The lowest BCUT2D eigenvalue weighted by atomic mass is 10.1. The Kier molecular flexibility index (Phi) is 3.59. The third-order valence-electron chi connectivity index (χ3n) is 2.73. The summed E-state index contributed by atoms with van der Waals surface area (Å²) in [5.74, 6) is 1.63. The van der Waals surface area contributed by atoms with Crippen molar-refractivity contribution in [1.82, 2.24) is 5.32 Å². The van der Waals surface area contributed by atoms with Crippen molar-refractivity contribution in [3.63, 3.8) is 0 Å². The minimum atomic E-state index is 0.187. The van der Waals surface area contributed by atoms with Crippen LogP contribution in [0.5, 0.6) is 0 Å². The summed E-state index contributed by atoms with van der Waals surface area (Å²) >= 11 is 1.84. The maximum absolute atomic E-state index is 5.35. The summed E-state index contributed by atoms with van der Waals surface area (Å²) in [5.41, 5.74) is 0. The van der Waals surface area contributed by atoms with E-state index in [1.165, 1.54) is 0 Å². The number of hydrogen-bond donors (Lipinski definition) is 1. The van der Waals surface area contributed by atoms with Crippen LogP contribution in [-0.4, -0.2) is 17.0 Å². The van der Waals surface area contributed by atoms with Crippen LogP contribution in [-0.2, 0) is 0 Å². The molecule has 4 heteroatoms. The van der Waals surface area contributed by atoms with Crippen molar-refractivity contribution in [2.45, 2.75) is 32.1 Å². The SMILES string of the molecule is CC(NC1=NCC(C(C)C)S1)c1ccco1. The Morgan fingerprint density at radius 2 is 2.31 bits per heavy atom. The lowest BCUT2D eigenvalue weighted by molar-refractivity contribution is 0.464. The molecule has 0 amide bonds. The first-order chi connectivity index (χ1) is 7.66. The van der Waals surface area contributed by atoms with Gasteiger partial charge in [0.05, 0.1) is 18.8 Å². The van der Waals surface area contributed by atoms with Gasteiger partial charge in [-0.2, -0.15) is 0 Å². The second-order valence-electron chi connectivity index (χ2n) is 4.43. The number of nitrogens with zero attached hydrogens (tertiary/aromatic N) is 1. The molecule has 1 aromatic rings. The average molecular weight is 238 g/mol. The predicted octanol–water partition coefficient (Wildman–Crippen LogP) is 3.06. The maximum Gasteiger partial charge on any atom is 0.157 e. The largest absolute Gasteiger partial charge is 0.467 e. The number of amidine groups is 1. The number of rotatable bonds is 3. The number of furan rings is 1. The molecule has 1 aromatic heterocycles. The van der Waals surface area contributed by atoms with Gasteiger partial charge in [0.2, 0.25) is 0 Å². The van der Waals surface area contributed by atoms with Gasteiger partial charge in [0.1, 0.15) is 5.76 Å². The van der Waals surface area contributed by atoms with Gasteiger partial charge in [-0.1, -0.05) is 25.6 Å². The highest BCUT2D eigenvalue weighted by Gasteiger charge is 2.23. The van der Waals surface area contributed by atoms with Gasteiger partial charge in [0, 0.05) is 5.25 Å². The first-order valence-corrected chi connectivity index (χ1v) is 6.56. The van der Waals surface area contributed by atoms with Crippen LogP contribution in [0.15, 0.2) is 27.8 Å². The summed E-state index contributed by atoms with van der Waals surface area (Å²) in [7, 11) is 0. The molecule has 1 N–H and O–H groups in total. The maximum atomic E-state index is 5.35. The molecule has 88 valence electrons. The first-order valence-electron chi connectivity index (χ1n) is 5.68. The van der Waals surface area contributed by atoms with Gasteiger partial charge in [-0.25, -0.2) is 0 Å². The van der Waals surface area contributed by atoms with E-state index in [0.717, 1.165) is 17.5 Å². The second kappa shape index (κ2) is 4.95. The summed E-state index contributed by atoms with van der Waals surface area (Å²) in [4.78, 5) is 4.52. The molecular weight excluding hydrogens is 220 g/mol. The monoisotopic (exact) mass is 238 g/mol. The van der Waals surface area contributed by atoms with Crippen molar-refractivity contribution in [1.29, 1.82) is 0 Å². The Balaban J connectivity index is 1.88. The van der Waals surface area contributed by atoms with Gasteiger partial charge in [0.15, 0.2) is 5.17 Å². The molecule has 3 nitrogen and oxygen atoms in total. The molecule has 0 fully saturated rings. The van der Waals surface area contributed by atoms with Gasteiger partial charge < -0.3 is 9.73 Å². The second-order valence-corrected chi connectivity index (χ2v) is 5.66. The van der Waals surface area contributed by atoms with Gasteiger partial charge in [-0.15, -0.1) is 0 Å². The standard InChI is InChI=1S/C12H18N2OS/c1-8(2)11-7-13-12(16-11)14-9(3)10-5-4-6-15-10/h4-6,8-9,11H,7H2,1-3H3,(H,13,14). The Bertz CT molecular complexity index is 359. The van der Waals surface area contributed by atoms with Crippen LogP contribution in [0.3, 0.4) is 0 Å². The van der Waals surface area contributed by atoms with Gasteiger partial charge >= 0.3 is 0 Å². The molecule has 0 aromatic carbocycles. The van der Waals surface area contributed by atoms with Crippen LogP contribution in [0.2, 0.25) is 0 Å². The quantitative estimate of drug-likeness (QED) is 0.879. The van der Waals surface area contributed by atoms with Crippen LogP contribution in [0, 0.1) is 5.92 Å². The van der Waals surface area contributed by atoms with Crippen LogP contribution < -0.4 is 5.32 Å². The minimum Gasteiger partial charge on any atom is -0.467 e.